The van der Waals surface area contributed by atoms with E-state index in [2.05, 4.69) is 55.2 Å². The molecule has 1 fully saturated rings. The number of carbonyl (C=O) groups excluding carboxylic acids is 1. The highest BCUT2D eigenvalue weighted by Gasteiger charge is 2.37. The Labute approximate surface area is 166 Å². The average molecular weight is 368 g/mol. The Bertz CT molecular complexity index is 620. The van der Waals surface area contributed by atoms with Crippen LogP contribution in [0.3, 0.4) is 0 Å². The fourth-order valence-electron chi connectivity index (χ4n) is 5.07. The van der Waals surface area contributed by atoms with Gasteiger partial charge in [-0.1, -0.05) is 68.2 Å². The summed E-state index contributed by atoms with van der Waals surface area (Å²) >= 11 is 0. The van der Waals surface area contributed by atoms with Crippen LogP contribution in [0.5, 0.6) is 0 Å². The first kappa shape index (κ1) is 20.2. The zero-order valence-corrected chi connectivity index (χ0v) is 17.3. The predicted octanol–water partition coefficient (Wildman–Crippen LogP) is 6.16. The van der Waals surface area contributed by atoms with Crippen LogP contribution in [0.15, 0.2) is 42.0 Å². The molecule has 1 saturated heterocycles. The Morgan fingerprint density at radius 2 is 1.81 bits per heavy atom. The SMILES string of the molecule is CCCCCCC1=CC2CCC(=O)N(CCc3ccccc3)C(C)C2CC1. The largest absolute Gasteiger partial charge is 0.339 e. The van der Waals surface area contributed by atoms with Crippen molar-refractivity contribution in [3.8, 4) is 0 Å². The molecule has 0 N–H and O–H groups in total. The number of allylic oxidation sites excluding steroid dienone is 2. The third-order valence-electron chi connectivity index (χ3n) is 6.76. The number of benzene rings is 1. The average Bonchev–Trinajstić information content (AvgIpc) is 2.81. The summed E-state index contributed by atoms with van der Waals surface area (Å²) in [6, 6.07) is 10.9. The topological polar surface area (TPSA) is 20.3 Å². The van der Waals surface area contributed by atoms with Gasteiger partial charge in [-0.05, 0) is 62.8 Å². The molecule has 1 aromatic carbocycles. The quantitative estimate of drug-likeness (QED) is 0.398. The highest BCUT2D eigenvalue weighted by atomic mass is 16.2. The second-order valence-electron chi connectivity index (χ2n) is 8.60. The van der Waals surface area contributed by atoms with E-state index in [9.17, 15) is 4.79 Å². The molecule has 3 atom stereocenters. The minimum Gasteiger partial charge on any atom is -0.339 e. The molecule has 2 heteroatoms. The molecule has 1 aromatic rings. The van der Waals surface area contributed by atoms with Crippen molar-refractivity contribution < 1.29 is 4.79 Å². The molecule has 0 radical (unpaired) electrons. The third kappa shape index (κ3) is 5.46. The Morgan fingerprint density at radius 3 is 2.59 bits per heavy atom. The number of carbonyl (C=O) groups is 1. The van der Waals surface area contributed by atoms with Gasteiger partial charge in [0.2, 0.25) is 5.91 Å². The van der Waals surface area contributed by atoms with Crippen molar-refractivity contribution in [3.63, 3.8) is 0 Å². The fourth-order valence-corrected chi connectivity index (χ4v) is 5.07. The van der Waals surface area contributed by atoms with Crippen molar-refractivity contribution in [1.82, 2.24) is 4.90 Å². The normalized spacial score (nSPS) is 25.7. The molecule has 2 aliphatic rings. The van der Waals surface area contributed by atoms with Gasteiger partial charge in [-0.3, -0.25) is 4.79 Å². The summed E-state index contributed by atoms with van der Waals surface area (Å²) in [4.78, 5) is 15.0. The summed E-state index contributed by atoms with van der Waals surface area (Å²) in [5.41, 5.74) is 3.00. The van der Waals surface area contributed by atoms with Crippen LogP contribution < -0.4 is 0 Å². The van der Waals surface area contributed by atoms with E-state index in [0.717, 1.165) is 25.8 Å². The maximum atomic E-state index is 12.8. The van der Waals surface area contributed by atoms with Crippen LogP contribution in [0.4, 0.5) is 0 Å². The monoisotopic (exact) mass is 367 g/mol. The number of unbranched alkanes of at least 4 members (excludes halogenated alkanes) is 3. The summed E-state index contributed by atoms with van der Waals surface area (Å²) in [6.07, 6.45) is 14.5. The summed E-state index contributed by atoms with van der Waals surface area (Å²) in [5, 5.41) is 0. The van der Waals surface area contributed by atoms with Gasteiger partial charge in [0, 0.05) is 19.0 Å². The molecule has 0 saturated carbocycles. The van der Waals surface area contributed by atoms with Crippen LogP contribution in [0.25, 0.3) is 0 Å². The predicted molar refractivity (Wildman–Crippen MR) is 114 cm³/mol. The highest BCUT2D eigenvalue weighted by molar-refractivity contribution is 5.77. The summed E-state index contributed by atoms with van der Waals surface area (Å²) < 4.78 is 0. The molecule has 3 rings (SSSR count). The van der Waals surface area contributed by atoms with Crippen LogP contribution >= 0.6 is 0 Å². The van der Waals surface area contributed by atoms with Crippen LogP contribution in [0.1, 0.15) is 77.2 Å². The lowest BCUT2D eigenvalue weighted by Gasteiger charge is -2.37. The Balaban J connectivity index is 1.60. The van der Waals surface area contributed by atoms with Gasteiger partial charge in [0.15, 0.2) is 0 Å². The zero-order chi connectivity index (χ0) is 19.1. The van der Waals surface area contributed by atoms with Crippen LogP contribution in [0, 0.1) is 11.8 Å². The van der Waals surface area contributed by atoms with Crippen molar-refractivity contribution in [2.45, 2.75) is 84.1 Å². The van der Waals surface area contributed by atoms with Crippen LogP contribution in [-0.2, 0) is 11.2 Å². The number of likely N-dealkylation sites (tertiary alicyclic amines) is 1. The van der Waals surface area contributed by atoms with Crippen molar-refractivity contribution in [1.29, 1.82) is 0 Å². The van der Waals surface area contributed by atoms with Gasteiger partial charge in [-0.25, -0.2) is 0 Å². The molecule has 3 unspecified atom stereocenters. The Kier molecular flexibility index (Phi) is 7.55. The third-order valence-corrected chi connectivity index (χ3v) is 6.76. The molecular formula is C25H37NO. The van der Waals surface area contributed by atoms with Crippen LogP contribution in [-0.4, -0.2) is 23.4 Å². The van der Waals surface area contributed by atoms with E-state index in [1.165, 1.54) is 50.5 Å². The number of nitrogens with zero attached hydrogens (tertiary/aromatic N) is 1. The molecule has 1 amide bonds. The van der Waals surface area contributed by atoms with E-state index >= 15 is 0 Å². The molecular weight excluding hydrogens is 330 g/mol. The Morgan fingerprint density at radius 1 is 1.00 bits per heavy atom. The summed E-state index contributed by atoms with van der Waals surface area (Å²) in [7, 11) is 0. The van der Waals surface area contributed by atoms with E-state index in [4.69, 9.17) is 0 Å². The molecule has 1 aliphatic heterocycles. The maximum Gasteiger partial charge on any atom is 0.222 e. The smallest absolute Gasteiger partial charge is 0.222 e. The minimum absolute atomic E-state index is 0.366. The Hall–Kier alpha value is -1.57. The van der Waals surface area contributed by atoms with Crippen molar-refractivity contribution in [2.75, 3.05) is 6.54 Å². The fraction of sp³-hybridized carbons (Fsp3) is 0.640. The first-order valence-corrected chi connectivity index (χ1v) is 11.2. The molecule has 1 heterocycles. The number of hydrogen-bond acceptors (Lipinski definition) is 1. The summed E-state index contributed by atoms with van der Waals surface area (Å²) in [5.74, 6) is 1.62. The minimum atomic E-state index is 0.366. The van der Waals surface area contributed by atoms with Gasteiger partial charge in [0.05, 0.1) is 0 Å². The molecule has 2 nitrogen and oxygen atoms in total. The first-order valence-electron chi connectivity index (χ1n) is 11.2. The maximum absolute atomic E-state index is 12.8. The number of amides is 1. The standard InChI is InChI=1S/C25H37NO/c1-3-4-5-7-12-22-13-15-24-20(2)26(25(27)16-14-23(24)19-22)18-17-21-10-8-6-9-11-21/h6,8-11,19-20,23-24H,3-5,7,12-18H2,1-2H3. The van der Waals surface area contributed by atoms with Gasteiger partial charge in [-0.15, -0.1) is 0 Å². The molecule has 0 aromatic heterocycles. The summed E-state index contributed by atoms with van der Waals surface area (Å²) in [6.45, 7) is 5.44. The van der Waals surface area contributed by atoms with Crippen molar-refractivity contribution in [2.24, 2.45) is 11.8 Å². The molecule has 148 valence electrons. The van der Waals surface area contributed by atoms with Gasteiger partial charge in [-0.2, -0.15) is 0 Å². The van der Waals surface area contributed by atoms with E-state index < -0.39 is 0 Å². The van der Waals surface area contributed by atoms with E-state index in [1.807, 2.05) is 0 Å². The van der Waals surface area contributed by atoms with Crippen molar-refractivity contribution in [3.05, 3.63) is 47.5 Å². The van der Waals surface area contributed by atoms with Gasteiger partial charge >= 0.3 is 0 Å². The number of rotatable bonds is 8. The lowest BCUT2D eigenvalue weighted by molar-refractivity contribution is -0.133. The molecule has 0 spiro atoms. The van der Waals surface area contributed by atoms with Gasteiger partial charge in [0.25, 0.3) is 0 Å². The highest BCUT2D eigenvalue weighted by Crippen LogP contribution is 2.39. The van der Waals surface area contributed by atoms with E-state index in [1.54, 1.807) is 5.57 Å². The van der Waals surface area contributed by atoms with Crippen molar-refractivity contribution >= 4 is 5.91 Å². The molecule has 1 aliphatic carbocycles. The van der Waals surface area contributed by atoms with Crippen LogP contribution in [0.2, 0.25) is 0 Å². The first-order chi connectivity index (χ1) is 13.2. The van der Waals surface area contributed by atoms with E-state index in [-0.39, 0.29) is 0 Å². The molecule has 0 bridgehead atoms. The molecule has 27 heavy (non-hydrogen) atoms. The lowest BCUT2D eigenvalue weighted by Crippen LogP contribution is -2.43. The lowest BCUT2D eigenvalue weighted by atomic mass is 9.75. The van der Waals surface area contributed by atoms with Gasteiger partial charge < -0.3 is 4.90 Å². The zero-order valence-electron chi connectivity index (χ0n) is 17.3. The van der Waals surface area contributed by atoms with E-state index in [0.29, 0.717) is 23.8 Å². The second-order valence-corrected chi connectivity index (χ2v) is 8.60. The number of hydrogen-bond donors (Lipinski definition) is 0. The number of fused-ring (bicyclic) bond motifs is 1. The second kappa shape index (κ2) is 10.1. The van der Waals surface area contributed by atoms with Gasteiger partial charge in [0.1, 0.15) is 0 Å².